The van der Waals surface area contributed by atoms with Crippen LogP contribution in [0.5, 0.6) is 0 Å². The number of thiazole rings is 1. The summed E-state index contributed by atoms with van der Waals surface area (Å²) in [5, 5.41) is 6.28. The average molecular weight is 309 g/mol. The molecule has 0 aliphatic heterocycles. The predicted molar refractivity (Wildman–Crippen MR) is 84.4 cm³/mol. The Hall–Kier alpha value is -2.87. The molecule has 0 fully saturated rings. The van der Waals surface area contributed by atoms with E-state index < -0.39 is 0 Å². The van der Waals surface area contributed by atoms with Crippen molar-refractivity contribution < 1.29 is 0 Å². The highest BCUT2D eigenvalue weighted by Gasteiger charge is 2.07. The molecule has 0 unspecified atom stereocenters. The first kappa shape index (κ1) is 12.8. The molecule has 22 heavy (non-hydrogen) atoms. The molecular formula is C14H11N7S. The summed E-state index contributed by atoms with van der Waals surface area (Å²) in [5.41, 5.74) is 3.48. The van der Waals surface area contributed by atoms with Gasteiger partial charge in [0.2, 0.25) is 0 Å². The number of anilines is 1. The van der Waals surface area contributed by atoms with Gasteiger partial charge in [0.25, 0.3) is 0 Å². The molecule has 8 heteroatoms. The normalized spacial score (nSPS) is 10.9. The molecule has 4 rings (SSSR count). The summed E-state index contributed by atoms with van der Waals surface area (Å²) in [5.74, 6) is 0.723. The largest absolute Gasteiger partial charge is 0.362 e. The molecule has 0 spiro atoms. The summed E-state index contributed by atoms with van der Waals surface area (Å²) < 4.78 is 0. The van der Waals surface area contributed by atoms with Crippen molar-refractivity contribution in [2.24, 2.45) is 0 Å². The minimum Gasteiger partial charge on any atom is -0.362 e. The highest BCUT2D eigenvalue weighted by molar-refractivity contribution is 7.13. The van der Waals surface area contributed by atoms with Crippen LogP contribution in [0.2, 0.25) is 0 Å². The van der Waals surface area contributed by atoms with Crippen molar-refractivity contribution in [3.05, 3.63) is 48.3 Å². The van der Waals surface area contributed by atoms with Crippen LogP contribution >= 0.6 is 11.3 Å². The molecule has 0 saturated heterocycles. The van der Waals surface area contributed by atoms with E-state index in [1.54, 1.807) is 30.1 Å². The van der Waals surface area contributed by atoms with Gasteiger partial charge in [0, 0.05) is 23.3 Å². The zero-order chi connectivity index (χ0) is 14.8. The van der Waals surface area contributed by atoms with Gasteiger partial charge in [-0.1, -0.05) is 0 Å². The van der Waals surface area contributed by atoms with Crippen molar-refractivity contribution in [1.29, 1.82) is 0 Å². The molecule has 0 aromatic carbocycles. The van der Waals surface area contributed by atoms with Crippen LogP contribution in [0.4, 0.5) is 5.82 Å². The second-order valence-electron chi connectivity index (χ2n) is 4.56. The summed E-state index contributed by atoms with van der Waals surface area (Å²) in [6.45, 7) is 0.590. The average Bonchev–Trinajstić information content (AvgIpc) is 3.23. The minimum absolute atomic E-state index is 0.590. The van der Waals surface area contributed by atoms with Crippen LogP contribution in [0.1, 0.15) is 5.69 Å². The zero-order valence-electron chi connectivity index (χ0n) is 11.4. The molecule has 0 aliphatic carbocycles. The second-order valence-corrected chi connectivity index (χ2v) is 5.41. The number of nitrogens with zero attached hydrogens (tertiary/aromatic N) is 5. The zero-order valence-corrected chi connectivity index (χ0v) is 12.2. The summed E-state index contributed by atoms with van der Waals surface area (Å²) in [6, 6.07) is 3.91. The van der Waals surface area contributed by atoms with E-state index >= 15 is 0 Å². The first-order valence-electron chi connectivity index (χ1n) is 6.63. The molecule has 2 N–H and O–H groups in total. The van der Waals surface area contributed by atoms with Crippen LogP contribution in [-0.2, 0) is 6.54 Å². The minimum atomic E-state index is 0.590. The first-order chi connectivity index (χ1) is 10.9. The maximum atomic E-state index is 4.62. The lowest BCUT2D eigenvalue weighted by atomic mass is 10.3. The van der Waals surface area contributed by atoms with Crippen molar-refractivity contribution in [1.82, 2.24) is 29.9 Å². The van der Waals surface area contributed by atoms with Gasteiger partial charge in [-0.2, -0.15) is 0 Å². The number of hydrogen-bond acceptors (Lipinski definition) is 7. The Morgan fingerprint density at radius 1 is 1.14 bits per heavy atom. The highest BCUT2D eigenvalue weighted by Crippen LogP contribution is 2.23. The van der Waals surface area contributed by atoms with Gasteiger partial charge >= 0.3 is 0 Å². The van der Waals surface area contributed by atoms with Crippen molar-refractivity contribution in [2.75, 3.05) is 5.32 Å². The Morgan fingerprint density at radius 3 is 2.95 bits per heavy atom. The van der Waals surface area contributed by atoms with Gasteiger partial charge < -0.3 is 10.3 Å². The van der Waals surface area contributed by atoms with Crippen molar-refractivity contribution in [2.45, 2.75) is 6.54 Å². The number of nitrogens with one attached hydrogen (secondary N) is 2. The van der Waals surface area contributed by atoms with Gasteiger partial charge in [-0.25, -0.2) is 19.9 Å². The molecule has 0 radical (unpaired) electrons. The number of fused-ring (bicyclic) bond motifs is 1. The third-order valence-electron chi connectivity index (χ3n) is 3.14. The van der Waals surface area contributed by atoms with Crippen LogP contribution in [0.25, 0.3) is 21.7 Å². The fourth-order valence-corrected chi connectivity index (χ4v) is 2.91. The Bertz CT molecular complexity index is 900. The highest BCUT2D eigenvalue weighted by atomic mass is 32.1. The van der Waals surface area contributed by atoms with E-state index in [0.717, 1.165) is 27.6 Å². The summed E-state index contributed by atoms with van der Waals surface area (Å²) in [6.07, 6.45) is 6.64. The van der Waals surface area contributed by atoms with Crippen molar-refractivity contribution >= 4 is 28.3 Å². The number of aromatic nitrogens is 6. The van der Waals surface area contributed by atoms with E-state index in [0.29, 0.717) is 12.2 Å². The maximum absolute atomic E-state index is 4.62. The predicted octanol–water partition coefficient (Wildman–Crippen LogP) is 2.48. The molecule has 4 aromatic heterocycles. The molecule has 0 saturated carbocycles. The molecule has 4 heterocycles. The van der Waals surface area contributed by atoms with E-state index in [1.165, 1.54) is 6.33 Å². The SMILES string of the molecule is c1cc(-c2nc(CNc3ncnc4nc[nH]c34)cs2)ccn1. The summed E-state index contributed by atoms with van der Waals surface area (Å²) in [4.78, 5) is 24.1. The number of H-pyrrole nitrogens is 1. The fraction of sp³-hybridized carbons (Fsp3) is 0.0714. The van der Waals surface area contributed by atoms with Gasteiger partial charge in [0.15, 0.2) is 11.5 Å². The third kappa shape index (κ3) is 2.40. The van der Waals surface area contributed by atoms with Crippen LogP contribution in [0.3, 0.4) is 0 Å². The lowest BCUT2D eigenvalue weighted by molar-refractivity contribution is 1.05. The van der Waals surface area contributed by atoms with Crippen molar-refractivity contribution in [3.63, 3.8) is 0 Å². The number of hydrogen-bond donors (Lipinski definition) is 2. The Kier molecular flexibility index (Phi) is 3.20. The van der Waals surface area contributed by atoms with Crippen LogP contribution in [0, 0.1) is 0 Å². The molecule has 4 aromatic rings. The molecule has 0 amide bonds. The Labute approximate surface area is 129 Å². The van der Waals surface area contributed by atoms with Gasteiger partial charge in [0.1, 0.15) is 16.9 Å². The topological polar surface area (TPSA) is 92.3 Å². The molecular weight excluding hydrogens is 298 g/mol. The fourth-order valence-electron chi connectivity index (χ4n) is 2.09. The quantitative estimate of drug-likeness (QED) is 0.601. The maximum Gasteiger partial charge on any atom is 0.182 e. The molecule has 0 aliphatic rings. The lowest BCUT2D eigenvalue weighted by Gasteiger charge is -2.03. The van der Waals surface area contributed by atoms with Gasteiger partial charge in [0.05, 0.1) is 18.6 Å². The number of rotatable bonds is 4. The van der Waals surface area contributed by atoms with E-state index in [4.69, 9.17) is 0 Å². The Morgan fingerprint density at radius 2 is 2.05 bits per heavy atom. The second kappa shape index (κ2) is 5.49. The van der Waals surface area contributed by atoms with Gasteiger partial charge in [-0.15, -0.1) is 11.3 Å². The lowest BCUT2D eigenvalue weighted by Crippen LogP contribution is -2.02. The first-order valence-corrected chi connectivity index (χ1v) is 7.51. The molecule has 0 bridgehead atoms. The standard InChI is InChI=1S/C14H11N7S/c1-3-15-4-2-9(1)14-21-10(6-22-14)5-16-12-11-13(18-7-17-11)20-8-19-12/h1-4,6-8H,5H2,(H2,16,17,18,19,20). The van der Waals surface area contributed by atoms with Crippen LogP contribution in [-0.4, -0.2) is 29.9 Å². The number of imidazole rings is 1. The van der Waals surface area contributed by atoms with Crippen LogP contribution in [0.15, 0.2) is 42.6 Å². The smallest absolute Gasteiger partial charge is 0.182 e. The van der Waals surface area contributed by atoms with Gasteiger partial charge in [-0.3, -0.25) is 4.98 Å². The monoisotopic (exact) mass is 309 g/mol. The molecule has 7 nitrogen and oxygen atoms in total. The van der Waals surface area contributed by atoms with Crippen LogP contribution < -0.4 is 5.32 Å². The number of pyridine rings is 1. The van der Waals surface area contributed by atoms with Crippen molar-refractivity contribution in [3.8, 4) is 10.6 Å². The summed E-state index contributed by atoms with van der Waals surface area (Å²) >= 11 is 1.61. The van der Waals surface area contributed by atoms with E-state index in [2.05, 4.69) is 35.2 Å². The Balaban J connectivity index is 1.53. The molecule has 108 valence electrons. The van der Waals surface area contributed by atoms with Gasteiger partial charge in [-0.05, 0) is 12.1 Å². The van der Waals surface area contributed by atoms with E-state index in [-0.39, 0.29) is 0 Å². The molecule has 0 atom stereocenters. The van der Waals surface area contributed by atoms with E-state index in [1.807, 2.05) is 17.5 Å². The number of aromatic amines is 1. The van der Waals surface area contributed by atoms with E-state index in [9.17, 15) is 0 Å². The third-order valence-corrected chi connectivity index (χ3v) is 4.08. The summed E-state index contributed by atoms with van der Waals surface area (Å²) in [7, 11) is 0.